The number of carbonyl (C=O) groups is 4. The van der Waals surface area contributed by atoms with Gasteiger partial charge in [-0.25, -0.2) is 0 Å². The third-order valence-electron chi connectivity index (χ3n) is 5.54. The van der Waals surface area contributed by atoms with Gasteiger partial charge in [-0.1, -0.05) is 0 Å². The van der Waals surface area contributed by atoms with Crippen LogP contribution in [-0.2, 0) is 23.2 Å². The van der Waals surface area contributed by atoms with Crippen molar-refractivity contribution in [3.05, 3.63) is 52.8 Å². The zero-order valence-electron chi connectivity index (χ0n) is 16.8. The Morgan fingerprint density at radius 2 is 2.00 bits per heavy atom. The predicted molar refractivity (Wildman–Crippen MR) is 102 cm³/mol. The first-order valence-corrected chi connectivity index (χ1v) is 9.69. The Kier molecular flexibility index (Phi) is 5.23. The Balaban J connectivity index is 1.55. The van der Waals surface area contributed by atoms with Gasteiger partial charge in [0.05, 0.1) is 5.69 Å². The van der Waals surface area contributed by atoms with Crippen molar-refractivity contribution in [1.29, 1.82) is 0 Å². The van der Waals surface area contributed by atoms with E-state index >= 15 is 0 Å². The van der Waals surface area contributed by atoms with Crippen molar-refractivity contribution in [2.45, 2.75) is 37.6 Å². The molecule has 1 aromatic carbocycles. The van der Waals surface area contributed by atoms with Crippen LogP contribution in [0.25, 0.3) is 0 Å². The Morgan fingerprint density at radius 1 is 1.25 bits per heavy atom. The number of piperidine rings is 1. The van der Waals surface area contributed by atoms with Crippen LogP contribution in [0.2, 0.25) is 0 Å². The summed E-state index contributed by atoms with van der Waals surface area (Å²) in [6, 6.07) is 2.02. The van der Waals surface area contributed by atoms with Crippen molar-refractivity contribution in [1.82, 2.24) is 25.3 Å². The van der Waals surface area contributed by atoms with Crippen molar-refractivity contribution in [2.75, 3.05) is 0 Å². The Hall–Kier alpha value is -3.70. The molecule has 12 heteroatoms. The maximum absolute atomic E-state index is 13.6. The molecule has 9 nitrogen and oxygen atoms in total. The summed E-state index contributed by atoms with van der Waals surface area (Å²) >= 11 is 0. The van der Waals surface area contributed by atoms with E-state index in [4.69, 9.17) is 0 Å². The molecule has 1 fully saturated rings. The highest BCUT2D eigenvalue weighted by Crippen LogP contribution is 2.33. The summed E-state index contributed by atoms with van der Waals surface area (Å²) in [5.74, 6) is -2.40. The standard InChI is InChI=1S/C20H18F3N5O4/c1-27-13(6-7-24-27)16(20(21,22)23)26-17(30)10-2-3-12-11(8-10)9-28(19(12)32)14-4-5-15(29)25-18(14)31/h2-3,6-8,14,16H,4-5,9H2,1H3,(H,26,30)(H,25,29,31)/t14?,16-/m1/s1. The number of benzene rings is 1. The number of alkyl halides is 3. The van der Waals surface area contributed by atoms with Crippen molar-refractivity contribution in [3.8, 4) is 0 Å². The van der Waals surface area contributed by atoms with E-state index in [9.17, 15) is 32.3 Å². The average molecular weight is 449 g/mol. The number of hydrogen-bond donors (Lipinski definition) is 2. The first kappa shape index (κ1) is 21.5. The van der Waals surface area contributed by atoms with E-state index in [-0.39, 0.29) is 36.2 Å². The first-order chi connectivity index (χ1) is 15.1. The second-order valence-electron chi connectivity index (χ2n) is 7.60. The number of amides is 4. The van der Waals surface area contributed by atoms with E-state index in [0.717, 1.165) is 10.7 Å². The summed E-state index contributed by atoms with van der Waals surface area (Å²) in [7, 11) is 1.34. The number of aryl methyl sites for hydroxylation is 1. The minimum Gasteiger partial charge on any atom is -0.335 e. The van der Waals surface area contributed by atoms with E-state index < -0.39 is 41.9 Å². The zero-order chi connectivity index (χ0) is 23.2. The number of imide groups is 1. The second-order valence-corrected chi connectivity index (χ2v) is 7.60. The summed E-state index contributed by atoms with van der Waals surface area (Å²) < 4.78 is 41.7. The van der Waals surface area contributed by atoms with Gasteiger partial charge in [0.15, 0.2) is 6.04 Å². The van der Waals surface area contributed by atoms with Gasteiger partial charge in [0.1, 0.15) is 6.04 Å². The predicted octanol–water partition coefficient (Wildman–Crippen LogP) is 1.21. The topological polar surface area (TPSA) is 113 Å². The van der Waals surface area contributed by atoms with Crippen molar-refractivity contribution >= 4 is 23.6 Å². The zero-order valence-corrected chi connectivity index (χ0v) is 16.8. The molecule has 1 aromatic heterocycles. The van der Waals surface area contributed by atoms with Gasteiger partial charge >= 0.3 is 6.18 Å². The van der Waals surface area contributed by atoms with E-state index in [1.165, 1.54) is 36.3 Å². The quantitative estimate of drug-likeness (QED) is 0.682. The van der Waals surface area contributed by atoms with Crippen LogP contribution in [0.3, 0.4) is 0 Å². The highest BCUT2D eigenvalue weighted by molar-refractivity contribution is 6.06. The Labute approximate surface area is 179 Å². The molecule has 168 valence electrons. The largest absolute Gasteiger partial charge is 0.414 e. The fourth-order valence-electron chi connectivity index (χ4n) is 3.92. The lowest BCUT2D eigenvalue weighted by Crippen LogP contribution is -2.52. The summed E-state index contributed by atoms with van der Waals surface area (Å²) in [5.41, 5.74) is 0.381. The molecule has 2 N–H and O–H groups in total. The third-order valence-corrected chi connectivity index (χ3v) is 5.54. The molecular formula is C20H18F3N5O4. The molecule has 2 aromatic rings. The molecule has 0 spiro atoms. The molecule has 2 atom stereocenters. The van der Waals surface area contributed by atoms with Crippen LogP contribution in [0.4, 0.5) is 13.2 Å². The normalized spacial score (nSPS) is 19.6. The number of hydrogen-bond acceptors (Lipinski definition) is 5. The van der Waals surface area contributed by atoms with Gasteiger partial charge in [-0.2, -0.15) is 18.3 Å². The summed E-state index contributed by atoms with van der Waals surface area (Å²) in [6.07, 6.45) is -3.28. The van der Waals surface area contributed by atoms with Gasteiger partial charge in [-0.3, -0.25) is 29.2 Å². The second kappa shape index (κ2) is 7.77. The van der Waals surface area contributed by atoms with Crippen molar-refractivity contribution in [2.24, 2.45) is 7.05 Å². The third kappa shape index (κ3) is 3.83. The lowest BCUT2D eigenvalue weighted by molar-refractivity contribution is -0.156. The van der Waals surface area contributed by atoms with Gasteiger partial charge in [0, 0.05) is 37.3 Å². The van der Waals surface area contributed by atoms with Crippen LogP contribution in [0.15, 0.2) is 30.5 Å². The molecular weight excluding hydrogens is 431 g/mol. The lowest BCUT2D eigenvalue weighted by atomic mass is 10.0. The summed E-state index contributed by atoms with van der Waals surface area (Å²) in [5, 5.41) is 7.89. The lowest BCUT2D eigenvalue weighted by Gasteiger charge is -2.29. The van der Waals surface area contributed by atoms with E-state index in [1.807, 2.05) is 5.32 Å². The van der Waals surface area contributed by atoms with Crippen LogP contribution in [0, 0.1) is 0 Å². The first-order valence-electron chi connectivity index (χ1n) is 9.69. The van der Waals surface area contributed by atoms with Crippen LogP contribution < -0.4 is 10.6 Å². The number of nitrogens with one attached hydrogen (secondary N) is 2. The molecule has 1 saturated heterocycles. The minimum atomic E-state index is -4.75. The summed E-state index contributed by atoms with van der Waals surface area (Å²) in [4.78, 5) is 50.1. The molecule has 0 aliphatic carbocycles. The van der Waals surface area contributed by atoms with Gasteiger partial charge in [0.25, 0.3) is 11.8 Å². The van der Waals surface area contributed by atoms with Gasteiger partial charge < -0.3 is 10.2 Å². The van der Waals surface area contributed by atoms with E-state index in [2.05, 4.69) is 10.4 Å². The van der Waals surface area contributed by atoms with Gasteiger partial charge in [-0.15, -0.1) is 0 Å². The molecule has 32 heavy (non-hydrogen) atoms. The molecule has 3 heterocycles. The molecule has 4 amide bonds. The Morgan fingerprint density at radius 3 is 2.62 bits per heavy atom. The molecule has 0 bridgehead atoms. The highest BCUT2D eigenvalue weighted by Gasteiger charge is 2.44. The SMILES string of the molecule is Cn1nccc1[C@@H](NC(=O)c1ccc2c(c1)CN(C1CCC(=O)NC1=O)C2=O)C(F)(F)F. The van der Waals surface area contributed by atoms with Gasteiger partial charge in [-0.05, 0) is 36.2 Å². The monoisotopic (exact) mass is 449 g/mol. The smallest absolute Gasteiger partial charge is 0.335 e. The van der Waals surface area contributed by atoms with Crippen LogP contribution in [0.5, 0.6) is 0 Å². The maximum Gasteiger partial charge on any atom is 0.414 e. The Bertz CT molecular complexity index is 1130. The van der Waals surface area contributed by atoms with E-state index in [1.54, 1.807) is 0 Å². The average Bonchev–Trinajstić information content (AvgIpc) is 3.28. The number of carbonyl (C=O) groups excluding carboxylic acids is 4. The number of aromatic nitrogens is 2. The minimum absolute atomic E-state index is 0.00595. The molecule has 0 radical (unpaired) electrons. The molecule has 1 unspecified atom stereocenters. The molecule has 2 aliphatic heterocycles. The van der Waals surface area contributed by atoms with Crippen LogP contribution >= 0.6 is 0 Å². The number of halogens is 3. The van der Waals surface area contributed by atoms with Gasteiger partial charge in [0.2, 0.25) is 11.8 Å². The number of fused-ring (bicyclic) bond motifs is 1. The van der Waals surface area contributed by atoms with Crippen LogP contribution in [0.1, 0.15) is 50.9 Å². The summed E-state index contributed by atoms with van der Waals surface area (Å²) in [6.45, 7) is 0.00595. The van der Waals surface area contributed by atoms with Crippen molar-refractivity contribution in [3.63, 3.8) is 0 Å². The van der Waals surface area contributed by atoms with E-state index in [0.29, 0.717) is 5.56 Å². The molecule has 0 saturated carbocycles. The number of rotatable bonds is 4. The highest BCUT2D eigenvalue weighted by atomic mass is 19.4. The van der Waals surface area contributed by atoms with Crippen molar-refractivity contribution < 1.29 is 32.3 Å². The maximum atomic E-state index is 13.6. The molecule has 4 rings (SSSR count). The fourth-order valence-corrected chi connectivity index (χ4v) is 3.92. The van der Waals surface area contributed by atoms with Crippen LogP contribution in [-0.4, -0.2) is 50.5 Å². The number of nitrogens with zero attached hydrogens (tertiary/aromatic N) is 3. The fraction of sp³-hybridized carbons (Fsp3) is 0.350. The molecule has 2 aliphatic rings.